The lowest BCUT2D eigenvalue weighted by Gasteiger charge is -2.40. The number of sulfonamides is 1. The number of aryl methyl sites for hydroxylation is 1. The molecular weight excluding hydrogens is 422 g/mol. The zero-order valence-electron chi connectivity index (χ0n) is 19.8. The van der Waals surface area contributed by atoms with Gasteiger partial charge in [-0.25, -0.2) is 8.42 Å². The van der Waals surface area contributed by atoms with Crippen LogP contribution in [0.1, 0.15) is 46.6 Å². The maximum Gasteiger partial charge on any atom is 0.243 e. The molecule has 0 saturated carbocycles. The van der Waals surface area contributed by atoms with Gasteiger partial charge in [-0.2, -0.15) is 4.31 Å². The fourth-order valence-corrected chi connectivity index (χ4v) is 13.4. The standard InChI is InChI=1S/C25H37NO3SSi/c1-17(2)31(18(3)4)25-13-20(6)7-10-21-14-26(15-23(21)24(25)16-29-31)30(27,28)22-11-8-19(5)9-12-22/h8-13,17-18,23-25H,7,14-16H2,1-6H3/b20-13-,21-10-/t23-,24+,25-/m0/s1. The third kappa shape index (κ3) is 3.79. The van der Waals surface area contributed by atoms with E-state index >= 15 is 0 Å². The van der Waals surface area contributed by atoms with Gasteiger partial charge in [0.15, 0.2) is 0 Å². The third-order valence-corrected chi connectivity index (χ3v) is 15.6. The van der Waals surface area contributed by atoms with Crippen molar-refractivity contribution in [2.75, 3.05) is 19.7 Å². The molecule has 0 N–H and O–H groups in total. The van der Waals surface area contributed by atoms with E-state index in [2.05, 4.69) is 46.8 Å². The van der Waals surface area contributed by atoms with Crippen molar-refractivity contribution >= 4 is 18.3 Å². The van der Waals surface area contributed by atoms with Gasteiger partial charge < -0.3 is 4.43 Å². The number of hydrogen-bond acceptors (Lipinski definition) is 3. The van der Waals surface area contributed by atoms with E-state index in [1.807, 2.05) is 19.1 Å². The van der Waals surface area contributed by atoms with Gasteiger partial charge in [-0.1, -0.05) is 68.7 Å². The molecule has 0 unspecified atom stereocenters. The van der Waals surface area contributed by atoms with E-state index in [1.165, 1.54) is 11.1 Å². The van der Waals surface area contributed by atoms with Gasteiger partial charge in [-0.15, -0.1) is 0 Å². The van der Waals surface area contributed by atoms with Gasteiger partial charge in [0.2, 0.25) is 18.3 Å². The lowest BCUT2D eigenvalue weighted by molar-refractivity contribution is 0.256. The highest BCUT2D eigenvalue weighted by Crippen LogP contribution is 2.56. The Morgan fingerprint density at radius 1 is 1.06 bits per heavy atom. The molecule has 2 aliphatic heterocycles. The first kappa shape index (κ1) is 23.0. The Balaban J connectivity index is 1.70. The summed E-state index contributed by atoms with van der Waals surface area (Å²) in [4.78, 5) is 0.398. The summed E-state index contributed by atoms with van der Waals surface area (Å²) in [6.07, 6.45) is 5.71. The minimum absolute atomic E-state index is 0.251. The van der Waals surface area contributed by atoms with Crippen molar-refractivity contribution in [2.45, 2.75) is 69.5 Å². The predicted octanol–water partition coefficient (Wildman–Crippen LogP) is 5.67. The van der Waals surface area contributed by atoms with Crippen LogP contribution in [0.15, 0.2) is 52.5 Å². The van der Waals surface area contributed by atoms with Crippen LogP contribution in [-0.2, 0) is 14.4 Å². The average Bonchev–Trinajstić information content (AvgIpc) is 3.27. The first-order valence-corrected chi connectivity index (χ1v) is 15.2. The molecule has 0 radical (unpaired) electrons. The largest absolute Gasteiger partial charge is 0.415 e. The summed E-state index contributed by atoms with van der Waals surface area (Å²) in [5.74, 6) is 0.623. The third-order valence-electron chi connectivity index (χ3n) is 7.87. The van der Waals surface area contributed by atoms with Crippen LogP contribution < -0.4 is 0 Å². The summed E-state index contributed by atoms with van der Waals surface area (Å²) in [6.45, 7) is 15.4. The second-order valence-electron chi connectivity index (χ2n) is 10.4. The van der Waals surface area contributed by atoms with E-state index in [1.54, 1.807) is 16.4 Å². The number of fused-ring (bicyclic) bond motifs is 3. The Bertz CT molecular complexity index is 986. The van der Waals surface area contributed by atoms with Crippen molar-refractivity contribution in [2.24, 2.45) is 11.8 Å². The molecule has 0 spiro atoms. The van der Waals surface area contributed by atoms with Crippen molar-refractivity contribution in [1.29, 1.82) is 0 Å². The SMILES string of the molecule is C/C1=C/[C@H]2[C@H](CO[Si]2(C(C)C)C(C)C)[C@H]2CN(S(=O)(=O)c3ccc(C)cc3)C/C2=C/C1. The van der Waals surface area contributed by atoms with Crippen LogP contribution >= 0.6 is 0 Å². The van der Waals surface area contributed by atoms with E-state index < -0.39 is 18.3 Å². The zero-order chi connectivity index (χ0) is 22.6. The molecule has 3 aliphatic rings. The molecule has 2 heterocycles. The van der Waals surface area contributed by atoms with Crippen LogP contribution in [0, 0.1) is 18.8 Å². The molecule has 0 amide bonds. The van der Waals surface area contributed by atoms with Gasteiger partial charge in [0.1, 0.15) is 0 Å². The highest BCUT2D eigenvalue weighted by Gasteiger charge is 2.58. The van der Waals surface area contributed by atoms with Crippen molar-refractivity contribution in [3.63, 3.8) is 0 Å². The number of rotatable bonds is 4. The van der Waals surface area contributed by atoms with Gasteiger partial charge in [0, 0.05) is 31.2 Å². The summed E-state index contributed by atoms with van der Waals surface area (Å²) in [5.41, 5.74) is 5.27. The number of benzene rings is 1. The van der Waals surface area contributed by atoms with Crippen LogP contribution in [0.2, 0.25) is 16.6 Å². The molecule has 2 fully saturated rings. The van der Waals surface area contributed by atoms with Crippen molar-refractivity contribution in [3.8, 4) is 0 Å². The van der Waals surface area contributed by atoms with Gasteiger partial charge in [0.25, 0.3) is 0 Å². The highest BCUT2D eigenvalue weighted by molar-refractivity contribution is 7.89. The topological polar surface area (TPSA) is 46.6 Å². The number of allylic oxidation sites excluding steroid dienone is 3. The minimum atomic E-state index is -3.50. The van der Waals surface area contributed by atoms with E-state index in [0.29, 0.717) is 40.5 Å². The smallest absolute Gasteiger partial charge is 0.243 e. The molecule has 1 aromatic carbocycles. The van der Waals surface area contributed by atoms with Gasteiger partial charge >= 0.3 is 0 Å². The van der Waals surface area contributed by atoms with Crippen molar-refractivity contribution < 1.29 is 12.8 Å². The van der Waals surface area contributed by atoms with Gasteiger partial charge in [0.05, 0.1) is 4.90 Å². The van der Waals surface area contributed by atoms with Gasteiger partial charge in [-0.05, 0) is 49.4 Å². The first-order chi connectivity index (χ1) is 14.6. The molecule has 4 nitrogen and oxygen atoms in total. The summed E-state index contributed by atoms with van der Waals surface area (Å²) in [6, 6.07) is 7.24. The number of nitrogens with zero attached hydrogens (tertiary/aromatic N) is 1. The molecule has 2 saturated heterocycles. The zero-order valence-corrected chi connectivity index (χ0v) is 21.6. The summed E-state index contributed by atoms with van der Waals surface area (Å²) < 4.78 is 35.4. The monoisotopic (exact) mass is 459 g/mol. The Labute approximate surface area is 189 Å². The Morgan fingerprint density at radius 2 is 1.71 bits per heavy atom. The summed E-state index contributed by atoms with van der Waals surface area (Å²) in [5, 5.41) is 0. The maximum absolute atomic E-state index is 13.4. The van der Waals surface area contributed by atoms with Gasteiger partial charge in [-0.3, -0.25) is 0 Å². The van der Waals surface area contributed by atoms with Crippen LogP contribution in [-0.4, -0.2) is 40.7 Å². The molecule has 1 aliphatic carbocycles. The fourth-order valence-electron chi connectivity index (χ4n) is 6.22. The quantitative estimate of drug-likeness (QED) is 0.430. The lowest BCUT2D eigenvalue weighted by Crippen LogP contribution is -2.46. The van der Waals surface area contributed by atoms with Crippen molar-refractivity contribution in [1.82, 2.24) is 4.31 Å². The molecule has 31 heavy (non-hydrogen) atoms. The Morgan fingerprint density at radius 3 is 2.32 bits per heavy atom. The molecule has 0 aromatic heterocycles. The maximum atomic E-state index is 13.4. The molecule has 1 aromatic rings. The van der Waals surface area contributed by atoms with Crippen LogP contribution in [0.25, 0.3) is 0 Å². The number of hydrogen-bond donors (Lipinski definition) is 0. The predicted molar refractivity (Wildman–Crippen MR) is 129 cm³/mol. The second-order valence-corrected chi connectivity index (χ2v) is 17.3. The van der Waals surface area contributed by atoms with Crippen LogP contribution in [0.4, 0.5) is 0 Å². The van der Waals surface area contributed by atoms with E-state index in [0.717, 1.165) is 18.6 Å². The second kappa shape index (κ2) is 8.29. The first-order valence-electron chi connectivity index (χ1n) is 11.6. The molecule has 6 heteroatoms. The normalized spacial score (nSPS) is 32.1. The van der Waals surface area contributed by atoms with Crippen LogP contribution in [0.5, 0.6) is 0 Å². The average molecular weight is 460 g/mol. The van der Waals surface area contributed by atoms with E-state index in [4.69, 9.17) is 4.43 Å². The van der Waals surface area contributed by atoms with Crippen LogP contribution in [0.3, 0.4) is 0 Å². The highest BCUT2D eigenvalue weighted by atomic mass is 32.2. The molecule has 4 rings (SSSR count). The summed E-state index contributed by atoms with van der Waals surface area (Å²) >= 11 is 0. The fraction of sp³-hybridized carbons (Fsp3) is 0.600. The Kier molecular flexibility index (Phi) is 6.14. The minimum Gasteiger partial charge on any atom is -0.415 e. The molecule has 0 bridgehead atoms. The molecular formula is C25H37NO3SSi. The molecule has 170 valence electrons. The molecule has 3 atom stereocenters. The van der Waals surface area contributed by atoms with E-state index in [-0.39, 0.29) is 5.92 Å². The Hall–Kier alpha value is -1.21. The van der Waals surface area contributed by atoms with Crippen molar-refractivity contribution in [3.05, 3.63) is 53.1 Å². The lowest BCUT2D eigenvalue weighted by atomic mass is 9.83. The summed E-state index contributed by atoms with van der Waals surface area (Å²) in [7, 11) is -5.51. The van der Waals surface area contributed by atoms with E-state index in [9.17, 15) is 8.42 Å².